The SMILES string of the molecule is COCC1=CCN(C(=O)N2CC(=O)NCC2C(=O)O)CC1. The van der Waals surface area contributed by atoms with Crippen molar-refractivity contribution in [3.05, 3.63) is 11.6 Å². The van der Waals surface area contributed by atoms with E-state index in [-0.39, 0.29) is 19.0 Å². The number of urea groups is 1. The molecule has 8 heteroatoms. The maximum atomic E-state index is 12.4. The lowest BCUT2D eigenvalue weighted by molar-refractivity contribution is -0.144. The van der Waals surface area contributed by atoms with E-state index in [1.807, 2.05) is 6.08 Å². The highest BCUT2D eigenvalue weighted by Crippen LogP contribution is 2.15. The molecule has 0 aromatic rings. The zero-order chi connectivity index (χ0) is 15.4. The summed E-state index contributed by atoms with van der Waals surface area (Å²) in [7, 11) is 1.61. The Morgan fingerprint density at radius 1 is 1.52 bits per heavy atom. The monoisotopic (exact) mass is 297 g/mol. The highest BCUT2D eigenvalue weighted by Gasteiger charge is 2.37. The molecule has 0 spiro atoms. The number of aliphatic carboxylic acids is 1. The summed E-state index contributed by atoms with van der Waals surface area (Å²) in [6.45, 7) is 1.16. The van der Waals surface area contributed by atoms with Crippen LogP contribution >= 0.6 is 0 Å². The van der Waals surface area contributed by atoms with Crippen LogP contribution in [0.25, 0.3) is 0 Å². The third-order valence-electron chi connectivity index (χ3n) is 3.62. The number of methoxy groups -OCH3 is 1. The number of carbonyl (C=O) groups excluding carboxylic acids is 2. The Labute approximate surface area is 122 Å². The van der Waals surface area contributed by atoms with E-state index in [1.165, 1.54) is 0 Å². The minimum Gasteiger partial charge on any atom is -0.480 e. The molecule has 0 aliphatic carbocycles. The van der Waals surface area contributed by atoms with Crippen molar-refractivity contribution in [3.63, 3.8) is 0 Å². The molecule has 0 aromatic carbocycles. The highest BCUT2D eigenvalue weighted by molar-refractivity contribution is 5.90. The van der Waals surface area contributed by atoms with E-state index in [1.54, 1.807) is 12.0 Å². The van der Waals surface area contributed by atoms with E-state index >= 15 is 0 Å². The number of hydrogen-bond donors (Lipinski definition) is 2. The van der Waals surface area contributed by atoms with Gasteiger partial charge in [-0.25, -0.2) is 9.59 Å². The average molecular weight is 297 g/mol. The van der Waals surface area contributed by atoms with Crippen LogP contribution < -0.4 is 5.32 Å². The van der Waals surface area contributed by atoms with Crippen molar-refractivity contribution >= 4 is 17.9 Å². The Hall–Kier alpha value is -2.09. The smallest absolute Gasteiger partial charge is 0.328 e. The van der Waals surface area contributed by atoms with Gasteiger partial charge in [0.1, 0.15) is 12.6 Å². The van der Waals surface area contributed by atoms with Gasteiger partial charge in [-0.1, -0.05) is 6.08 Å². The van der Waals surface area contributed by atoms with E-state index in [2.05, 4.69) is 5.32 Å². The molecule has 8 nitrogen and oxygen atoms in total. The third-order valence-corrected chi connectivity index (χ3v) is 3.62. The second-order valence-corrected chi connectivity index (χ2v) is 5.06. The molecule has 2 rings (SSSR count). The fraction of sp³-hybridized carbons (Fsp3) is 0.615. The molecule has 1 saturated heterocycles. The number of piperazine rings is 1. The maximum Gasteiger partial charge on any atom is 0.328 e. The van der Waals surface area contributed by atoms with Crippen LogP contribution in [0.1, 0.15) is 6.42 Å². The second-order valence-electron chi connectivity index (χ2n) is 5.06. The van der Waals surface area contributed by atoms with Crippen molar-refractivity contribution in [2.24, 2.45) is 0 Å². The van der Waals surface area contributed by atoms with Gasteiger partial charge in [-0.05, 0) is 12.0 Å². The Morgan fingerprint density at radius 2 is 2.29 bits per heavy atom. The van der Waals surface area contributed by atoms with Crippen molar-refractivity contribution < 1.29 is 24.2 Å². The summed E-state index contributed by atoms with van der Waals surface area (Å²) in [5.74, 6) is -1.45. The van der Waals surface area contributed by atoms with Crippen LogP contribution in [0.2, 0.25) is 0 Å². The number of amides is 3. The average Bonchev–Trinajstić information content (AvgIpc) is 2.47. The summed E-state index contributed by atoms with van der Waals surface area (Å²) in [5, 5.41) is 11.6. The molecule has 1 atom stereocenters. The van der Waals surface area contributed by atoms with Crippen LogP contribution in [0, 0.1) is 0 Å². The second kappa shape index (κ2) is 6.57. The van der Waals surface area contributed by atoms with E-state index in [9.17, 15) is 14.4 Å². The van der Waals surface area contributed by atoms with Crippen molar-refractivity contribution in [1.82, 2.24) is 15.1 Å². The lowest BCUT2D eigenvalue weighted by Crippen LogP contribution is -2.62. The standard InChI is InChI=1S/C13H19N3O5/c1-21-8-9-2-4-15(5-3-9)13(20)16-7-11(17)14-6-10(16)12(18)19/h2,10H,3-8H2,1H3,(H,14,17)(H,18,19). The van der Waals surface area contributed by atoms with Crippen molar-refractivity contribution in [2.75, 3.05) is 39.9 Å². The summed E-state index contributed by atoms with van der Waals surface area (Å²) in [6, 6.07) is -1.43. The predicted molar refractivity (Wildman–Crippen MR) is 72.7 cm³/mol. The summed E-state index contributed by atoms with van der Waals surface area (Å²) >= 11 is 0. The molecule has 2 aliphatic heterocycles. The van der Waals surface area contributed by atoms with Gasteiger partial charge in [-0.3, -0.25) is 9.69 Å². The Kier molecular flexibility index (Phi) is 4.79. The van der Waals surface area contributed by atoms with E-state index in [0.29, 0.717) is 26.1 Å². The van der Waals surface area contributed by atoms with E-state index < -0.39 is 18.0 Å². The van der Waals surface area contributed by atoms with Gasteiger partial charge in [0.2, 0.25) is 5.91 Å². The van der Waals surface area contributed by atoms with Gasteiger partial charge in [-0.15, -0.1) is 0 Å². The number of nitrogens with one attached hydrogen (secondary N) is 1. The predicted octanol–water partition coefficient (Wildman–Crippen LogP) is -0.730. The van der Waals surface area contributed by atoms with Crippen LogP contribution in [0.15, 0.2) is 11.6 Å². The first kappa shape index (κ1) is 15.3. The highest BCUT2D eigenvalue weighted by atomic mass is 16.5. The number of hydrogen-bond acceptors (Lipinski definition) is 4. The third kappa shape index (κ3) is 3.52. The molecule has 0 radical (unpaired) electrons. The molecule has 1 unspecified atom stereocenters. The number of carboxylic acids is 1. The molecule has 21 heavy (non-hydrogen) atoms. The van der Waals surface area contributed by atoms with Gasteiger partial charge in [0.25, 0.3) is 0 Å². The number of rotatable bonds is 3. The number of carbonyl (C=O) groups is 3. The molecule has 1 fully saturated rings. The van der Waals surface area contributed by atoms with Gasteiger partial charge in [-0.2, -0.15) is 0 Å². The summed E-state index contributed by atoms with van der Waals surface area (Å²) < 4.78 is 5.04. The fourth-order valence-corrected chi connectivity index (χ4v) is 2.45. The molecule has 116 valence electrons. The van der Waals surface area contributed by atoms with Crippen LogP contribution in [-0.4, -0.2) is 78.8 Å². The number of ether oxygens (including phenoxy) is 1. The van der Waals surface area contributed by atoms with Gasteiger partial charge < -0.3 is 20.1 Å². The van der Waals surface area contributed by atoms with Crippen LogP contribution in [0.5, 0.6) is 0 Å². The van der Waals surface area contributed by atoms with Crippen LogP contribution in [0.3, 0.4) is 0 Å². The zero-order valence-corrected chi connectivity index (χ0v) is 11.9. The first-order chi connectivity index (χ1) is 10.0. The quantitative estimate of drug-likeness (QED) is 0.669. The topological polar surface area (TPSA) is 99.2 Å². The van der Waals surface area contributed by atoms with E-state index in [0.717, 1.165) is 10.5 Å². The molecule has 0 aromatic heterocycles. The lowest BCUT2D eigenvalue weighted by atomic mass is 10.1. The zero-order valence-electron chi connectivity index (χ0n) is 11.9. The molecule has 3 amide bonds. The summed E-state index contributed by atoms with van der Waals surface area (Å²) in [5.41, 5.74) is 1.12. The minimum absolute atomic E-state index is 0.0570. The molecule has 2 N–H and O–H groups in total. The molecule has 0 bridgehead atoms. The molecular weight excluding hydrogens is 278 g/mol. The Morgan fingerprint density at radius 3 is 2.86 bits per heavy atom. The molecular formula is C13H19N3O5. The molecule has 0 saturated carbocycles. The Bertz CT molecular complexity index is 476. The molecule has 2 aliphatic rings. The minimum atomic E-state index is -1.11. The van der Waals surface area contributed by atoms with Crippen molar-refractivity contribution in [1.29, 1.82) is 0 Å². The normalized spacial score (nSPS) is 22.6. The summed E-state index contributed by atoms with van der Waals surface area (Å²) in [6.07, 6.45) is 2.60. The summed E-state index contributed by atoms with van der Waals surface area (Å²) in [4.78, 5) is 37.7. The van der Waals surface area contributed by atoms with Gasteiger partial charge in [0, 0.05) is 26.7 Å². The lowest BCUT2D eigenvalue weighted by Gasteiger charge is -2.37. The van der Waals surface area contributed by atoms with Crippen LogP contribution in [0.4, 0.5) is 4.79 Å². The van der Waals surface area contributed by atoms with Gasteiger partial charge in [0.05, 0.1) is 6.61 Å². The Balaban J connectivity index is 2.04. The first-order valence-electron chi connectivity index (χ1n) is 6.75. The van der Waals surface area contributed by atoms with Crippen LogP contribution in [-0.2, 0) is 14.3 Å². The van der Waals surface area contributed by atoms with Gasteiger partial charge in [0.15, 0.2) is 0 Å². The largest absolute Gasteiger partial charge is 0.480 e. The molecule has 2 heterocycles. The number of carboxylic acid groups (broad SMARTS) is 1. The van der Waals surface area contributed by atoms with E-state index in [4.69, 9.17) is 9.84 Å². The van der Waals surface area contributed by atoms with Crippen molar-refractivity contribution in [3.8, 4) is 0 Å². The maximum absolute atomic E-state index is 12.4. The van der Waals surface area contributed by atoms with Crippen molar-refractivity contribution in [2.45, 2.75) is 12.5 Å². The number of nitrogens with zero attached hydrogens (tertiary/aromatic N) is 2. The van der Waals surface area contributed by atoms with Gasteiger partial charge >= 0.3 is 12.0 Å². The first-order valence-corrected chi connectivity index (χ1v) is 6.75. The fourth-order valence-electron chi connectivity index (χ4n) is 2.45.